The van der Waals surface area contributed by atoms with E-state index in [4.69, 9.17) is 0 Å². The summed E-state index contributed by atoms with van der Waals surface area (Å²) < 4.78 is 0. The van der Waals surface area contributed by atoms with Gasteiger partial charge >= 0.3 is 0 Å². The zero-order valence-corrected chi connectivity index (χ0v) is 20.7. The Morgan fingerprint density at radius 3 is 2.24 bits per heavy atom. The van der Waals surface area contributed by atoms with Gasteiger partial charge in [-0.1, -0.05) is 44.2 Å². The number of nitro groups is 1. The van der Waals surface area contributed by atoms with E-state index in [0.717, 1.165) is 5.56 Å². The van der Waals surface area contributed by atoms with Crippen molar-refractivity contribution in [3.05, 3.63) is 70.3 Å². The fraction of sp³-hybridized carbons (Fsp3) is 0.385. The van der Waals surface area contributed by atoms with E-state index in [1.807, 2.05) is 44.2 Å². The summed E-state index contributed by atoms with van der Waals surface area (Å²) in [6.07, 6.45) is 1.11. The molecule has 0 aliphatic carbocycles. The van der Waals surface area contributed by atoms with E-state index >= 15 is 0 Å². The number of hydrogen-bond donors (Lipinski definition) is 4. The van der Waals surface area contributed by atoms with E-state index < -0.39 is 40.8 Å². The van der Waals surface area contributed by atoms with Gasteiger partial charge in [-0.3, -0.25) is 29.3 Å². The molecule has 1 heterocycles. The van der Waals surface area contributed by atoms with Gasteiger partial charge in [0.15, 0.2) is 0 Å². The van der Waals surface area contributed by atoms with Gasteiger partial charge in [0.2, 0.25) is 23.6 Å². The lowest BCUT2D eigenvalue weighted by molar-refractivity contribution is -0.384. The van der Waals surface area contributed by atoms with Crippen molar-refractivity contribution in [2.24, 2.45) is 5.92 Å². The molecule has 1 fully saturated rings. The summed E-state index contributed by atoms with van der Waals surface area (Å²) in [6.45, 7) is 3.81. The quantitative estimate of drug-likeness (QED) is 0.268. The van der Waals surface area contributed by atoms with Gasteiger partial charge in [0.25, 0.3) is 5.69 Å². The first-order chi connectivity index (χ1) is 17.6. The number of non-ortho nitro benzene ring substituents is 1. The number of nitro benzene ring substituents is 1. The molecule has 3 atom stereocenters. The maximum Gasteiger partial charge on any atom is 0.269 e. The monoisotopic (exact) mass is 509 g/mol. The molecule has 0 radical (unpaired) electrons. The Labute approximate surface area is 214 Å². The smallest absolute Gasteiger partial charge is 0.269 e. The van der Waals surface area contributed by atoms with Crippen LogP contribution in [-0.4, -0.2) is 46.7 Å². The Hall–Kier alpha value is -4.28. The molecule has 3 rings (SSSR count). The summed E-state index contributed by atoms with van der Waals surface area (Å²) >= 11 is 0. The van der Waals surface area contributed by atoms with Crippen molar-refractivity contribution in [2.45, 2.75) is 57.7 Å². The van der Waals surface area contributed by atoms with Gasteiger partial charge in [-0.2, -0.15) is 0 Å². The molecule has 2 aromatic carbocycles. The molecule has 37 heavy (non-hydrogen) atoms. The molecule has 1 aliphatic heterocycles. The lowest BCUT2D eigenvalue weighted by Crippen LogP contribution is -2.56. The summed E-state index contributed by atoms with van der Waals surface area (Å²) in [5, 5.41) is 21.7. The highest BCUT2D eigenvalue weighted by Crippen LogP contribution is 2.17. The van der Waals surface area contributed by atoms with Gasteiger partial charge in [-0.05, 0) is 36.5 Å². The highest BCUT2D eigenvalue weighted by Gasteiger charge is 2.32. The number of benzene rings is 2. The predicted octanol–water partition coefficient (Wildman–Crippen LogP) is 2.07. The van der Waals surface area contributed by atoms with Crippen molar-refractivity contribution < 1.29 is 24.1 Å². The minimum Gasteiger partial charge on any atom is -0.344 e. The molecule has 0 bridgehead atoms. The zero-order chi connectivity index (χ0) is 26.9. The number of nitrogens with one attached hydrogen (secondary N) is 4. The Balaban J connectivity index is 1.74. The van der Waals surface area contributed by atoms with Crippen LogP contribution >= 0.6 is 0 Å². The van der Waals surface area contributed by atoms with Gasteiger partial charge in [0, 0.05) is 30.7 Å². The fourth-order valence-electron chi connectivity index (χ4n) is 4.01. The predicted molar refractivity (Wildman–Crippen MR) is 136 cm³/mol. The minimum absolute atomic E-state index is 0.0591. The maximum absolute atomic E-state index is 13.4. The molecule has 4 N–H and O–H groups in total. The first-order valence-corrected chi connectivity index (χ1v) is 12.1. The van der Waals surface area contributed by atoms with E-state index in [0.29, 0.717) is 18.5 Å². The van der Waals surface area contributed by atoms with Crippen molar-refractivity contribution >= 4 is 35.0 Å². The van der Waals surface area contributed by atoms with Gasteiger partial charge < -0.3 is 21.3 Å². The average molecular weight is 510 g/mol. The van der Waals surface area contributed by atoms with E-state index in [2.05, 4.69) is 21.3 Å². The van der Waals surface area contributed by atoms with Crippen LogP contribution in [-0.2, 0) is 25.6 Å². The van der Waals surface area contributed by atoms with E-state index in [-0.39, 0.29) is 30.4 Å². The highest BCUT2D eigenvalue weighted by molar-refractivity contribution is 5.99. The van der Waals surface area contributed by atoms with Crippen LogP contribution < -0.4 is 21.3 Å². The van der Waals surface area contributed by atoms with Crippen molar-refractivity contribution in [1.82, 2.24) is 16.0 Å². The van der Waals surface area contributed by atoms with E-state index in [9.17, 15) is 29.3 Å². The highest BCUT2D eigenvalue weighted by atomic mass is 16.6. The standard InChI is InChI=1S/C26H31N5O6/c1-16(2)14-21(25(34)27-18-8-10-19(11-9-18)31(36)37)29-26(35)22(15-17-6-4-3-5-7-17)30-24(33)20-12-13-23(32)28-20/h3-11,16,20-22H,12-15H2,1-2H3,(H,27,34)(H,28,32)(H,29,35)(H,30,33). The SMILES string of the molecule is CC(C)CC(NC(=O)C(Cc1ccccc1)NC(=O)C1CCC(=O)N1)C(=O)Nc1ccc([N+](=O)[O-])cc1. The van der Waals surface area contributed by atoms with Crippen LogP contribution in [0.2, 0.25) is 0 Å². The van der Waals surface area contributed by atoms with E-state index in [1.54, 1.807) is 0 Å². The molecule has 0 saturated carbocycles. The lowest BCUT2D eigenvalue weighted by atomic mass is 10.0. The topological polar surface area (TPSA) is 160 Å². The number of carbonyl (C=O) groups is 4. The molecule has 196 valence electrons. The largest absolute Gasteiger partial charge is 0.344 e. The number of carbonyl (C=O) groups excluding carboxylic acids is 4. The normalized spacial score (nSPS) is 16.4. The van der Waals surface area contributed by atoms with Crippen molar-refractivity contribution in [2.75, 3.05) is 5.32 Å². The molecule has 0 spiro atoms. The van der Waals surface area contributed by atoms with Crippen LogP contribution in [0.5, 0.6) is 0 Å². The molecular weight excluding hydrogens is 478 g/mol. The van der Waals surface area contributed by atoms with Crippen LogP contribution in [0, 0.1) is 16.0 Å². The third kappa shape index (κ3) is 8.13. The Morgan fingerprint density at radius 1 is 1.00 bits per heavy atom. The van der Waals surface area contributed by atoms with Crippen molar-refractivity contribution in [3.8, 4) is 0 Å². The van der Waals surface area contributed by atoms with E-state index in [1.165, 1.54) is 24.3 Å². The average Bonchev–Trinajstić information content (AvgIpc) is 3.30. The number of rotatable bonds is 11. The molecular formula is C26H31N5O6. The van der Waals surface area contributed by atoms with Crippen LogP contribution in [0.1, 0.15) is 38.7 Å². The third-order valence-electron chi connectivity index (χ3n) is 5.91. The second-order valence-electron chi connectivity index (χ2n) is 9.39. The first kappa shape index (κ1) is 27.3. The molecule has 3 unspecified atom stereocenters. The Kier molecular flexibility index (Phi) is 9.31. The second kappa shape index (κ2) is 12.6. The van der Waals surface area contributed by atoms with Crippen LogP contribution in [0.4, 0.5) is 11.4 Å². The van der Waals surface area contributed by atoms with Crippen LogP contribution in [0.25, 0.3) is 0 Å². The summed E-state index contributed by atoms with van der Waals surface area (Å²) in [5.74, 6) is -1.64. The summed E-state index contributed by atoms with van der Waals surface area (Å²) in [6, 6.07) is 11.9. The number of amides is 4. The molecule has 0 aromatic heterocycles. The zero-order valence-electron chi connectivity index (χ0n) is 20.7. The molecule has 11 nitrogen and oxygen atoms in total. The van der Waals surface area contributed by atoms with Gasteiger partial charge in [-0.25, -0.2) is 0 Å². The molecule has 4 amide bonds. The molecule has 11 heteroatoms. The van der Waals surface area contributed by atoms with Gasteiger partial charge in [-0.15, -0.1) is 0 Å². The second-order valence-corrected chi connectivity index (χ2v) is 9.39. The van der Waals surface area contributed by atoms with Crippen molar-refractivity contribution in [1.29, 1.82) is 0 Å². The number of hydrogen-bond acceptors (Lipinski definition) is 6. The van der Waals surface area contributed by atoms with Crippen LogP contribution in [0.3, 0.4) is 0 Å². The van der Waals surface area contributed by atoms with Gasteiger partial charge in [0.05, 0.1) is 4.92 Å². The lowest BCUT2D eigenvalue weighted by Gasteiger charge is -2.25. The fourth-order valence-corrected chi connectivity index (χ4v) is 4.01. The summed E-state index contributed by atoms with van der Waals surface area (Å²) in [4.78, 5) is 61.1. The summed E-state index contributed by atoms with van der Waals surface area (Å²) in [7, 11) is 0. The Morgan fingerprint density at radius 2 is 1.68 bits per heavy atom. The third-order valence-corrected chi connectivity index (χ3v) is 5.91. The van der Waals surface area contributed by atoms with Crippen molar-refractivity contribution in [3.63, 3.8) is 0 Å². The molecule has 2 aromatic rings. The maximum atomic E-state index is 13.4. The Bertz CT molecular complexity index is 1140. The molecule has 1 aliphatic rings. The first-order valence-electron chi connectivity index (χ1n) is 12.1. The summed E-state index contributed by atoms with van der Waals surface area (Å²) in [5.41, 5.74) is 1.06. The molecule has 1 saturated heterocycles. The minimum atomic E-state index is -0.978. The van der Waals surface area contributed by atoms with Crippen LogP contribution in [0.15, 0.2) is 54.6 Å². The number of nitrogens with zero attached hydrogens (tertiary/aromatic N) is 1. The number of anilines is 1. The van der Waals surface area contributed by atoms with Gasteiger partial charge in [0.1, 0.15) is 18.1 Å².